The summed E-state index contributed by atoms with van der Waals surface area (Å²) in [6.07, 6.45) is 1.06. The average molecular weight is 592 g/mol. The fourth-order valence-corrected chi connectivity index (χ4v) is 6.38. The number of allylic oxidation sites excluding steroid dienone is 1. The van der Waals surface area contributed by atoms with Gasteiger partial charge in [-0.15, -0.1) is 0 Å². The summed E-state index contributed by atoms with van der Waals surface area (Å²) in [5.74, 6) is 1.58. The highest BCUT2D eigenvalue weighted by atomic mass is 32.1. The number of hydrogen-bond acceptors (Lipinski definition) is 6. The molecule has 2 atom stereocenters. The third kappa shape index (κ3) is 5.42. The summed E-state index contributed by atoms with van der Waals surface area (Å²) in [4.78, 5) is 16.4. The molecule has 7 nitrogen and oxygen atoms in total. The number of thiocarbonyl (C=S) groups is 1. The zero-order chi connectivity index (χ0) is 29.9. The smallest absolute Gasteiger partial charge is 0.203 e. The molecule has 0 fully saturated rings. The molecule has 0 aromatic heterocycles. The van der Waals surface area contributed by atoms with Crippen molar-refractivity contribution in [2.24, 2.45) is 0 Å². The minimum Gasteiger partial charge on any atom is -0.493 e. The van der Waals surface area contributed by atoms with E-state index in [1.807, 2.05) is 89.8 Å². The Morgan fingerprint density at radius 1 is 0.814 bits per heavy atom. The molecule has 8 heteroatoms. The Morgan fingerprint density at radius 3 is 2.09 bits per heavy atom. The molecule has 0 amide bonds. The van der Waals surface area contributed by atoms with Gasteiger partial charge in [-0.3, -0.25) is 4.79 Å². The van der Waals surface area contributed by atoms with Crippen LogP contribution in [0.1, 0.15) is 35.9 Å². The number of anilines is 3. The number of methoxy groups -OCH3 is 3. The number of nitrogens with zero attached hydrogens (tertiary/aromatic N) is 1. The van der Waals surface area contributed by atoms with E-state index in [9.17, 15) is 4.79 Å². The Bertz CT molecular complexity index is 1670. The number of carbonyl (C=O) groups is 1. The molecule has 43 heavy (non-hydrogen) atoms. The van der Waals surface area contributed by atoms with Gasteiger partial charge in [-0.25, -0.2) is 0 Å². The van der Waals surface area contributed by atoms with E-state index in [4.69, 9.17) is 26.4 Å². The van der Waals surface area contributed by atoms with E-state index in [1.165, 1.54) is 0 Å². The Hall–Kier alpha value is -4.82. The maximum Gasteiger partial charge on any atom is 0.203 e. The molecule has 1 aliphatic heterocycles. The van der Waals surface area contributed by atoms with Crippen LogP contribution in [0.2, 0.25) is 0 Å². The fourth-order valence-electron chi connectivity index (χ4n) is 6.05. The summed E-state index contributed by atoms with van der Waals surface area (Å²) in [7, 11) is 4.75. The number of para-hydroxylation sites is 3. The van der Waals surface area contributed by atoms with Crippen LogP contribution in [0, 0.1) is 0 Å². The van der Waals surface area contributed by atoms with Gasteiger partial charge >= 0.3 is 0 Å². The first-order valence-electron chi connectivity index (χ1n) is 14.1. The average Bonchev–Trinajstić information content (AvgIpc) is 3.19. The zero-order valence-electron chi connectivity index (χ0n) is 24.3. The van der Waals surface area contributed by atoms with Crippen LogP contribution in [0.4, 0.5) is 17.1 Å². The molecule has 2 aliphatic rings. The second-order valence-corrected chi connectivity index (χ2v) is 10.9. The van der Waals surface area contributed by atoms with Crippen LogP contribution in [0.3, 0.4) is 0 Å². The molecule has 0 bridgehead atoms. The first-order chi connectivity index (χ1) is 21.0. The Balaban J connectivity index is 1.58. The number of hydrogen-bond donors (Lipinski definition) is 2. The third-order valence-corrected chi connectivity index (χ3v) is 8.31. The number of ether oxygens (including phenoxy) is 3. The van der Waals surface area contributed by atoms with Gasteiger partial charge in [-0.1, -0.05) is 60.7 Å². The van der Waals surface area contributed by atoms with Gasteiger partial charge in [0.05, 0.1) is 38.7 Å². The van der Waals surface area contributed by atoms with Crippen LogP contribution in [-0.2, 0) is 4.79 Å². The molecule has 0 spiro atoms. The lowest BCUT2D eigenvalue weighted by Gasteiger charge is -2.37. The number of Topliss-reactive ketones (excluding diaryl/α,β-unsaturated/α-hetero) is 1. The molecule has 1 aliphatic carbocycles. The third-order valence-electron chi connectivity index (χ3n) is 8.01. The SMILES string of the molecule is COc1cc([C@H]2C3=C(C[C@H](c4ccccc4)CC3=O)Nc3ccccc3N2C(=S)Nc2ccccc2)cc(OC)c1OC. The molecule has 6 rings (SSSR count). The first kappa shape index (κ1) is 28.3. The summed E-state index contributed by atoms with van der Waals surface area (Å²) < 4.78 is 17.1. The Labute approximate surface area is 257 Å². The summed E-state index contributed by atoms with van der Waals surface area (Å²) >= 11 is 6.14. The van der Waals surface area contributed by atoms with Crippen molar-refractivity contribution in [3.8, 4) is 17.2 Å². The monoisotopic (exact) mass is 591 g/mol. The number of nitrogens with one attached hydrogen (secondary N) is 2. The molecule has 0 unspecified atom stereocenters. The molecule has 1 heterocycles. The van der Waals surface area contributed by atoms with Crippen LogP contribution in [-0.4, -0.2) is 32.2 Å². The lowest BCUT2D eigenvalue weighted by Crippen LogP contribution is -2.40. The van der Waals surface area contributed by atoms with Gasteiger partial charge in [0.2, 0.25) is 5.75 Å². The van der Waals surface area contributed by atoms with Gasteiger partial charge in [0.15, 0.2) is 22.4 Å². The summed E-state index contributed by atoms with van der Waals surface area (Å²) in [6, 6.07) is 31.2. The Kier molecular flexibility index (Phi) is 8.03. The maximum atomic E-state index is 14.4. The summed E-state index contributed by atoms with van der Waals surface area (Å²) in [6.45, 7) is 0. The highest BCUT2D eigenvalue weighted by Gasteiger charge is 2.41. The van der Waals surface area contributed by atoms with Crippen molar-refractivity contribution < 1.29 is 19.0 Å². The number of ketones is 1. The van der Waals surface area contributed by atoms with E-state index in [2.05, 4.69) is 22.8 Å². The van der Waals surface area contributed by atoms with E-state index < -0.39 is 6.04 Å². The fraction of sp³-hybridized carbons (Fsp3) is 0.200. The van der Waals surface area contributed by atoms with Gasteiger partial charge in [-0.2, -0.15) is 0 Å². The topological polar surface area (TPSA) is 72.1 Å². The van der Waals surface area contributed by atoms with Crippen molar-refractivity contribution in [2.75, 3.05) is 36.9 Å². The lowest BCUT2D eigenvalue weighted by atomic mass is 9.78. The van der Waals surface area contributed by atoms with Crippen molar-refractivity contribution in [3.63, 3.8) is 0 Å². The van der Waals surface area contributed by atoms with Crippen molar-refractivity contribution in [2.45, 2.75) is 24.8 Å². The molecular weight excluding hydrogens is 558 g/mol. The molecular formula is C35H33N3O4S. The second-order valence-electron chi connectivity index (χ2n) is 10.5. The van der Waals surface area contributed by atoms with Crippen LogP contribution in [0.5, 0.6) is 17.2 Å². The van der Waals surface area contributed by atoms with Gasteiger partial charge in [0, 0.05) is 23.4 Å². The minimum atomic E-state index is -0.590. The van der Waals surface area contributed by atoms with Crippen LogP contribution in [0.15, 0.2) is 108 Å². The van der Waals surface area contributed by atoms with Gasteiger partial charge < -0.3 is 29.7 Å². The van der Waals surface area contributed by atoms with Crippen molar-refractivity contribution in [1.29, 1.82) is 0 Å². The van der Waals surface area contributed by atoms with Crippen LogP contribution < -0.4 is 29.7 Å². The zero-order valence-corrected chi connectivity index (χ0v) is 25.1. The molecule has 2 N–H and O–H groups in total. The largest absolute Gasteiger partial charge is 0.493 e. The molecule has 4 aromatic carbocycles. The molecule has 4 aromatic rings. The molecule has 0 saturated carbocycles. The Morgan fingerprint density at radius 2 is 1.44 bits per heavy atom. The quantitative estimate of drug-likeness (QED) is 0.224. The van der Waals surface area contributed by atoms with Crippen molar-refractivity contribution in [3.05, 3.63) is 119 Å². The highest BCUT2D eigenvalue weighted by molar-refractivity contribution is 7.80. The normalized spacial score (nSPS) is 17.7. The standard InChI is InChI=1S/C35H33N3O4S/c1-40-30-20-24(21-31(41-2)34(30)42-3)33-32-27(18-23(19-29(32)39)22-12-6-4-7-13-22)37-26-16-10-11-17-28(26)38(33)35(43)36-25-14-8-5-9-15-25/h4-17,20-21,23,33,37H,18-19H2,1-3H3,(H,36,43)/t23-,33-/m0/s1. The van der Waals surface area contributed by atoms with E-state index in [0.29, 0.717) is 40.8 Å². The van der Waals surface area contributed by atoms with Crippen molar-refractivity contribution >= 4 is 40.2 Å². The van der Waals surface area contributed by atoms with Crippen LogP contribution in [0.25, 0.3) is 0 Å². The van der Waals surface area contributed by atoms with E-state index in [0.717, 1.165) is 33.9 Å². The summed E-state index contributed by atoms with van der Waals surface area (Å²) in [5.41, 5.74) is 6.01. The number of fused-ring (bicyclic) bond motifs is 1. The predicted molar refractivity (Wildman–Crippen MR) is 174 cm³/mol. The maximum absolute atomic E-state index is 14.4. The summed E-state index contributed by atoms with van der Waals surface area (Å²) in [5, 5.41) is 7.53. The van der Waals surface area contributed by atoms with E-state index >= 15 is 0 Å². The van der Waals surface area contributed by atoms with Crippen LogP contribution >= 0.6 is 12.2 Å². The number of rotatable bonds is 6. The van der Waals surface area contributed by atoms with E-state index in [1.54, 1.807) is 21.3 Å². The number of benzene rings is 4. The van der Waals surface area contributed by atoms with Crippen molar-refractivity contribution in [1.82, 2.24) is 0 Å². The van der Waals surface area contributed by atoms with E-state index in [-0.39, 0.29) is 11.7 Å². The molecule has 0 radical (unpaired) electrons. The van der Waals surface area contributed by atoms with Gasteiger partial charge in [0.1, 0.15) is 0 Å². The second kappa shape index (κ2) is 12.2. The highest BCUT2D eigenvalue weighted by Crippen LogP contribution is 2.50. The first-order valence-corrected chi connectivity index (χ1v) is 14.6. The molecule has 0 saturated heterocycles. The molecule has 218 valence electrons. The van der Waals surface area contributed by atoms with Gasteiger partial charge in [0.25, 0.3) is 0 Å². The van der Waals surface area contributed by atoms with Gasteiger partial charge in [-0.05, 0) is 72.1 Å². The predicted octanol–water partition coefficient (Wildman–Crippen LogP) is 7.48. The lowest BCUT2D eigenvalue weighted by molar-refractivity contribution is -0.116. The number of carbonyl (C=O) groups excluding carboxylic acids is 1. The minimum absolute atomic E-state index is 0.0497.